The molecule has 2 unspecified atom stereocenters. The van der Waals surface area contributed by atoms with Crippen LogP contribution in [0.25, 0.3) is 0 Å². The van der Waals surface area contributed by atoms with E-state index in [1.54, 1.807) is 0 Å². The van der Waals surface area contributed by atoms with E-state index >= 15 is 0 Å². The van der Waals surface area contributed by atoms with E-state index in [-0.39, 0.29) is 18.4 Å². The Hall–Kier alpha value is -1.10. The maximum atomic E-state index is 11.7. The average Bonchev–Trinajstić information content (AvgIpc) is 2.16. The van der Waals surface area contributed by atoms with Gasteiger partial charge in [0, 0.05) is 19.1 Å². The molecular weight excluding hydrogens is 208 g/mol. The second kappa shape index (κ2) is 5.30. The molecule has 5 heteroatoms. The second-order valence-electron chi connectivity index (χ2n) is 4.80. The quantitative estimate of drug-likeness (QED) is 0.726. The van der Waals surface area contributed by atoms with Gasteiger partial charge in [-0.15, -0.1) is 0 Å². The van der Waals surface area contributed by atoms with E-state index in [0.29, 0.717) is 12.5 Å². The molecule has 0 aromatic carbocycles. The van der Waals surface area contributed by atoms with Gasteiger partial charge in [-0.25, -0.2) is 0 Å². The third-order valence-electron chi connectivity index (χ3n) is 2.78. The van der Waals surface area contributed by atoms with E-state index in [1.165, 1.54) is 0 Å². The van der Waals surface area contributed by atoms with Crippen LogP contribution in [0.3, 0.4) is 0 Å². The molecular formula is C11H20N2O3. The predicted molar refractivity (Wildman–Crippen MR) is 60.1 cm³/mol. The summed E-state index contributed by atoms with van der Waals surface area (Å²) in [5, 5.41) is 11.6. The van der Waals surface area contributed by atoms with Crippen LogP contribution in [0, 0.1) is 5.92 Å². The van der Waals surface area contributed by atoms with Gasteiger partial charge in [-0.1, -0.05) is 13.8 Å². The van der Waals surface area contributed by atoms with Crippen LogP contribution in [0.5, 0.6) is 0 Å². The minimum atomic E-state index is -0.928. The third-order valence-corrected chi connectivity index (χ3v) is 2.78. The highest BCUT2D eigenvalue weighted by Gasteiger charge is 2.35. The number of carboxylic acid groups (broad SMARTS) is 1. The van der Waals surface area contributed by atoms with Crippen molar-refractivity contribution >= 4 is 11.9 Å². The summed E-state index contributed by atoms with van der Waals surface area (Å²) in [6.45, 7) is 7.50. The predicted octanol–water partition coefficient (Wildman–Crippen LogP) is 0.306. The highest BCUT2D eigenvalue weighted by molar-refractivity contribution is 5.86. The molecule has 1 saturated heterocycles. The molecule has 1 aliphatic heterocycles. The zero-order valence-electron chi connectivity index (χ0n) is 10.1. The Morgan fingerprint density at radius 3 is 2.75 bits per heavy atom. The van der Waals surface area contributed by atoms with Crippen molar-refractivity contribution in [2.24, 2.45) is 5.92 Å². The molecule has 0 bridgehead atoms. The van der Waals surface area contributed by atoms with Gasteiger partial charge in [-0.2, -0.15) is 0 Å². The number of nitrogens with zero attached hydrogens (tertiary/aromatic N) is 1. The molecule has 0 aromatic rings. The molecule has 0 spiro atoms. The first-order valence-corrected chi connectivity index (χ1v) is 5.67. The van der Waals surface area contributed by atoms with Crippen molar-refractivity contribution in [1.82, 2.24) is 10.2 Å². The third kappa shape index (κ3) is 3.20. The summed E-state index contributed by atoms with van der Waals surface area (Å²) in [5.74, 6) is -0.672. The van der Waals surface area contributed by atoms with Gasteiger partial charge in [-0.05, 0) is 12.8 Å². The van der Waals surface area contributed by atoms with Crippen molar-refractivity contribution in [2.75, 3.05) is 13.1 Å². The number of aliphatic carboxylic acids is 1. The monoisotopic (exact) mass is 228 g/mol. The molecule has 92 valence electrons. The fourth-order valence-corrected chi connectivity index (χ4v) is 2.05. The largest absolute Gasteiger partial charge is 0.481 e. The summed E-state index contributed by atoms with van der Waals surface area (Å²) in [6, 6.07) is -0.326. The van der Waals surface area contributed by atoms with E-state index in [4.69, 9.17) is 5.11 Å². The standard InChI is InChI=1S/C11H20N2O3/c1-7(2)6-13-8(3)5-12-11(16)9(13)4-10(14)15/h7-9H,4-6H2,1-3H3,(H,12,16)(H,14,15). The van der Waals surface area contributed by atoms with Gasteiger partial charge in [0.25, 0.3) is 0 Å². The van der Waals surface area contributed by atoms with Gasteiger partial charge in [-0.3, -0.25) is 14.5 Å². The lowest BCUT2D eigenvalue weighted by atomic mass is 10.0. The lowest BCUT2D eigenvalue weighted by molar-refractivity contribution is -0.144. The minimum absolute atomic E-state index is 0.122. The van der Waals surface area contributed by atoms with Crippen molar-refractivity contribution in [3.63, 3.8) is 0 Å². The van der Waals surface area contributed by atoms with Crippen molar-refractivity contribution in [1.29, 1.82) is 0 Å². The molecule has 16 heavy (non-hydrogen) atoms. The average molecular weight is 228 g/mol. The number of nitrogens with one attached hydrogen (secondary N) is 1. The Morgan fingerprint density at radius 2 is 2.25 bits per heavy atom. The second-order valence-corrected chi connectivity index (χ2v) is 4.80. The first kappa shape index (κ1) is 13.0. The van der Waals surface area contributed by atoms with Crippen LogP contribution in [-0.4, -0.2) is 47.1 Å². The van der Waals surface area contributed by atoms with Gasteiger partial charge in [0.15, 0.2) is 0 Å². The first-order valence-electron chi connectivity index (χ1n) is 5.67. The highest BCUT2D eigenvalue weighted by atomic mass is 16.4. The van der Waals surface area contributed by atoms with Gasteiger partial charge in [0.05, 0.1) is 12.5 Å². The summed E-state index contributed by atoms with van der Waals surface area (Å²) in [4.78, 5) is 24.4. The number of hydrogen-bond donors (Lipinski definition) is 2. The van der Waals surface area contributed by atoms with Crippen LogP contribution < -0.4 is 5.32 Å². The van der Waals surface area contributed by atoms with Gasteiger partial charge in [0.1, 0.15) is 0 Å². The fraction of sp³-hybridized carbons (Fsp3) is 0.818. The van der Waals surface area contributed by atoms with Crippen LogP contribution in [0.15, 0.2) is 0 Å². The maximum absolute atomic E-state index is 11.7. The zero-order valence-corrected chi connectivity index (χ0v) is 10.1. The maximum Gasteiger partial charge on any atom is 0.305 e. The topological polar surface area (TPSA) is 69.6 Å². The van der Waals surface area contributed by atoms with Gasteiger partial charge in [0.2, 0.25) is 5.91 Å². The number of hydrogen-bond acceptors (Lipinski definition) is 3. The number of carboxylic acids is 1. The molecule has 1 amide bonds. The number of rotatable bonds is 4. The summed E-state index contributed by atoms with van der Waals surface area (Å²) >= 11 is 0. The number of carbonyl (C=O) groups is 2. The number of carbonyl (C=O) groups excluding carboxylic acids is 1. The van der Waals surface area contributed by atoms with Crippen molar-refractivity contribution < 1.29 is 14.7 Å². The summed E-state index contributed by atoms with van der Waals surface area (Å²) in [7, 11) is 0. The van der Waals surface area contributed by atoms with Crippen molar-refractivity contribution in [3.05, 3.63) is 0 Å². The Balaban J connectivity index is 2.77. The molecule has 2 atom stereocenters. The van der Waals surface area contributed by atoms with Crippen molar-refractivity contribution in [2.45, 2.75) is 39.3 Å². The van der Waals surface area contributed by atoms with E-state index in [1.807, 2.05) is 11.8 Å². The first-order chi connectivity index (χ1) is 7.41. The summed E-state index contributed by atoms with van der Waals surface area (Å²) in [6.07, 6.45) is -0.122. The minimum Gasteiger partial charge on any atom is -0.481 e. The Labute approximate surface area is 95.8 Å². The van der Waals surface area contributed by atoms with Gasteiger partial charge < -0.3 is 10.4 Å². The molecule has 0 aliphatic carbocycles. The Morgan fingerprint density at radius 1 is 1.62 bits per heavy atom. The lowest BCUT2D eigenvalue weighted by Crippen LogP contribution is -2.60. The Kier molecular flexibility index (Phi) is 4.29. The molecule has 0 aromatic heterocycles. The van der Waals surface area contributed by atoms with Crippen LogP contribution in [-0.2, 0) is 9.59 Å². The summed E-state index contributed by atoms with van der Waals surface area (Å²) < 4.78 is 0. The van der Waals surface area contributed by atoms with E-state index in [0.717, 1.165) is 6.54 Å². The SMILES string of the molecule is CC(C)CN1C(C)CNC(=O)C1CC(=O)O. The normalized spacial score (nSPS) is 26.9. The smallest absolute Gasteiger partial charge is 0.305 e. The van der Waals surface area contributed by atoms with Crippen molar-refractivity contribution in [3.8, 4) is 0 Å². The molecule has 1 fully saturated rings. The lowest BCUT2D eigenvalue weighted by Gasteiger charge is -2.40. The fourth-order valence-electron chi connectivity index (χ4n) is 2.05. The van der Waals surface area contributed by atoms with E-state index < -0.39 is 12.0 Å². The van der Waals surface area contributed by atoms with Crippen LogP contribution in [0.4, 0.5) is 0 Å². The molecule has 1 rings (SSSR count). The van der Waals surface area contributed by atoms with Crippen LogP contribution in [0.2, 0.25) is 0 Å². The number of amides is 1. The molecule has 1 heterocycles. The highest BCUT2D eigenvalue weighted by Crippen LogP contribution is 2.16. The summed E-state index contributed by atoms with van der Waals surface area (Å²) in [5.41, 5.74) is 0. The number of piperazine rings is 1. The molecule has 5 nitrogen and oxygen atoms in total. The van der Waals surface area contributed by atoms with Crippen LogP contribution >= 0.6 is 0 Å². The van der Waals surface area contributed by atoms with Crippen LogP contribution in [0.1, 0.15) is 27.2 Å². The molecule has 1 aliphatic rings. The van der Waals surface area contributed by atoms with E-state index in [2.05, 4.69) is 19.2 Å². The molecule has 0 saturated carbocycles. The zero-order chi connectivity index (χ0) is 12.3. The van der Waals surface area contributed by atoms with E-state index in [9.17, 15) is 9.59 Å². The molecule has 2 N–H and O–H groups in total. The van der Waals surface area contributed by atoms with Gasteiger partial charge >= 0.3 is 5.97 Å². The molecule has 0 radical (unpaired) electrons. The Bertz CT molecular complexity index is 278.